The first-order valence-corrected chi connectivity index (χ1v) is 7.59. The SMILES string of the molecule is C/C=C(\C)C[C@@H](C[C@H](O)CN)NC(=O)C[C@@H](C)C(C)C. The van der Waals surface area contributed by atoms with Gasteiger partial charge in [0.2, 0.25) is 5.91 Å². The third-order valence-corrected chi connectivity index (χ3v) is 3.90. The summed E-state index contributed by atoms with van der Waals surface area (Å²) in [4.78, 5) is 12.1. The van der Waals surface area contributed by atoms with Gasteiger partial charge in [-0.05, 0) is 38.5 Å². The predicted octanol–water partition coefficient (Wildman–Crippen LogP) is 2.22. The van der Waals surface area contributed by atoms with Gasteiger partial charge in [-0.15, -0.1) is 0 Å². The number of rotatable bonds is 9. The van der Waals surface area contributed by atoms with Gasteiger partial charge >= 0.3 is 0 Å². The van der Waals surface area contributed by atoms with Crippen LogP contribution < -0.4 is 11.1 Å². The Labute approximate surface area is 123 Å². The van der Waals surface area contributed by atoms with Gasteiger partial charge in [0.1, 0.15) is 0 Å². The van der Waals surface area contributed by atoms with Crippen LogP contribution in [0.2, 0.25) is 0 Å². The van der Waals surface area contributed by atoms with Gasteiger partial charge in [-0.2, -0.15) is 0 Å². The van der Waals surface area contributed by atoms with Crippen molar-refractivity contribution in [2.75, 3.05) is 6.54 Å². The predicted molar refractivity (Wildman–Crippen MR) is 84.3 cm³/mol. The highest BCUT2D eigenvalue weighted by atomic mass is 16.3. The molecular weight excluding hydrogens is 252 g/mol. The van der Waals surface area contributed by atoms with E-state index < -0.39 is 6.10 Å². The number of carbonyl (C=O) groups excluding carboxylic acids is 1. The molecule has 4 heteroatoms. The molecule has 0 heterocycles. The Bertz CT molecular complexity index is 314. The van der Waals surface area contributed by atoms with E-state index in [-0.39, 0.29) is 18.5 Å². The lowest BCUT2D eigenvalue weighted by molar-refractivity contribution is -0.123. The number of aliphatic hydroxyl groups excluding tert-OH is 1. The second-order valence-electron chi connectivity index (χ2n) is 6.15. The lowest BCUT2D eigenvalue weighted by Gasteiger charge is -2.23. The van der Waals surface area contributed by atoms with Crippen LogP contribution in [0.4, 0.5) is 0 Å². The lowest BCUT2D eigenvalue weighted by atomic mass is 9.94. The lowest BCUT2D eigenvalue weighted by Crippen LogP contribution is -2.39. The van der Waals surface area contributed by atoms with Crippen molar-refractivity contribution in [1.29, 1.82) is 0 Å². The van der Waals surface area contributed by atoms with E-state index in [0.29, 0.717) is 24.7 Å². The quantitative estimate of drug-likeness (QED) is 0.568. The van der Waals surface area contributed by atoms with Gasteiger partial charge in [-0.1, -0.05) is 32.4 Å². The van der Waals surface area contributed by atoms with Crippen molar-refractivity contribution in [2.45, 2.75) is 66.0 Å². The molecule has 0 aromatic rings. The number of nitrogens with two attached hydrogens (primary N) is 1. The van der Waals surface area contributed by atoms with E-state index in [4.69, 9.17) is 5.73 Å². The Balaban J connectivity index is 4.50. The molecule has 0 rings (SSSR count). The summed E-state index contributed by atoms with van der Waals surface area (Å²) in [5.74, 6) is 0.910. The van der Waals surface area contributed by atoms with E-state index in [1.54, 1.807) is 0 Å². The van der Waals surface area contributed by atoms with Crippen LogP contribution in [0.1, 0.15) is 53.9 Å². The first-order valence-electron chi connectivity index (χ1n) is 7.59. The molecule has 20 heavy (non-hydrogen) atoms. The van der Waals surface area contributed by atoms with E-state index in [0.717, 1.165) is 6.42 Å². The second-order valence-corrected chi connectivity index (χ2v) is 6.15. The number of nitrogens with one attached hydrogen (secondary N) is 1. The fourth-order valence-electron chi connectivity index (χ4n) is 1.94. The van der Waals surface area contributed by atoms with Gasteiger partial charge in [0, 0.05) is 19.0 Å². The summed E-state index contributed by atoms with van der Waals surface area (Å²) in [7, 11) is 0. The molecule has 0 saturated carbocycles. The van der Waals surface area contributed by atoms with Crippen LogP contribution in [-0.2, 0) is 4.79 Å². The summed E-state index contributed by atoms with van der Waals surface area (Å²) in [6, 6.07) is -0.0448. The average molecular weight is 284 g/mol. The standard InChI is InChI=1S/C16H32N2O2/c1-6-12(4)7-14(9-15(19)10-17)18-16(20)8-13(5)11(2)3/h6,11,13-15,19H,7-10,17H2,1-5H3,(H,18,20)/b12-6+/t13-,14+,15+/m1/s1. The first-order chi connectivity index (χ1) is 9.29. The maximum absolute atomic E-state index is 12.1. The molecule has 0 fully saturated rings. The van der Waals surface area contributed by atoms with Gasteiger partial charge in [0.25, 0.3) is 0 Å². The number of aliphatic hydroxyl groups is 1. The molecule has 0 spiro atoms. The van der Waals surface area contributed by atoms with E-state index in [1.165, 1.54) is 5.57 Å². The maximum Gasteiger partial charge on any atom is 0.220 e. The van der Waals surface area contributed by atoms with E-state index in [1.807, 2.05) is 19.9 Å². The molecule has 0 saturated heterocycles. The van der Waals surface area contributed by atoms with Gasteiger partial charge in [-0.25, -0.2) is 0 Å². The summed E-state index contributed by atoms with van der Waals surface area (Å²) in [6.07, 6.45) is 3.26. The van der Waals surface area contributed by atoms with Gasteiger partial charge in [-0.3, -0.25) is 4.79 Å². The normalized spacial score (nSPS) is 16.9. The molecule has 1 amide bonds. The van der Waals surface area contributed by atoms with E-state index in [2.05, 4.69) is 26.1 Å². The number of carbonyl (C=O) groups is 1. The fraction of sp³-hybridized carbons (Fsp3) is 0.812. The van der Waals surface area contributed by atoms with Crippen LogP contribution in [0.3, 0.4) is 0 Å². The minimum atomic E-state index is -0.563. The average Bonchev–Trinajstić information content (AvgIpc) is 2.37. The summed E-state index contributed by atoms with van der Waals surface area (Å²) in [5, 5.41) is 12.7. The zero-order valence-electron chi connectivity index (χ0n) is 13.6. The van der Waals surface area contributed by atoms with Crippen molar-refractivity contribution in [1.82, 2.24) is 5.32 Å². The number of amides is 1. The molecule has 4 N–H and O–H groups in total. The van der Waals surface area contributed by atoms with Crippen LogP contribution in [-0.4, -0.2) is 29.7 Å². The molecule has 118 valence electrons. The molecule has 3 atom stereocenters. The fourth-order valence-corrected chi connectivity index (χ4v) is 1.94. The minimum Gasteiger partial charge on any atom is -0.392 e. The van der Waals surface area contributed by atoms with Gasteiger partial charge < -0.3 is 16.2 Å². The summed E-state index contributed by atoms with van der Waals surface area (Å²) >= 11 is 0. The molecular formula is C16H32N2O2. The molecule has 4 nitrogen and oxygen atoms in total. The maximum atomic E-state index is 12.1. The van der Waals surface area contributed by atoms with Gasteiger partial charge in [0.15, 0.2) is 0 Å². The van der Waals surface area contributed by atoms with Crippen LogP contribution in [0.15, 0.2) is 11.6 Å². The molecule has 0 aromatic heterocycles. The van der Waals surface area contributed by atoms with Crippen molar-refractivity contribution in [2.24, 2.45) is 17.6 Å². The van der Waals surface area contributed by atoms with Crippen LogP contribution >= 0.6 is 0 Å². The summed E-state index contributed by atoms with van der Waals surface area (Å²) in [6.45, 7) is 10.6. The van der Waals surface area contributed by atoms with Gasteiger partial charge in [0.05, 0.1) is 6.10 Å². The van der Waals surface area contributed by atoms with Crippen molar-refractivity contribution >= 4 is 5.91 Å². The van der Waals surface area contributed by atoms with Crippen LogP contribution in [0, 0.1) is 11.8 Å². The minimum absolute atomic E-state index is 0.0448. The molecule has 0 bridgehead atoms. The zero-order chi connectivity index (χ0) is 15.7. The molecule has 0 aliphatic carbocycles. The highest BCUT2D eigenvalue weighted by Gasteiger charge is 2.19. The molecule has 0 aliphatic rings. The highest BCUT2D eigenvalue weighted by Crippen LogP contribution is 2.15. The third kappa shape index (κ3) is 8.33. The monoisotopic (exact) mass is 284 g/mol. The van der Waals surface area contributed by atoms with Crippen molar-refractivity contribution in [3.05, 3.63) is 11.6 Å². The number of hydrogen-bond donors (Lipinski definition) is 3. The van der Waals surface area contributed by atoms with Crippen molar-refractivity contribution < 1.29 is 9.90 Å². The Kier molecular flexibility index (Phi) is 9.51. The smallest absolute Gasteiger partial charge is 0.220 e. The van der Waals surface area contributed by atoms with Crippen LogP contribution in [0.5, 0.6) is 0 Å². The molecule has 0 aliphatic heterocycles. The van der Waals surface area contributed by atoms with Crippen LogP contribution in [0.25, 0.3) is 0 Å². The Morgan fingerprint density at radius 1 is 1.30 bits per heavy atom. The topological polar surface area (TPSA) is 75.3 Å². The largest absolute Gasteiger partial charge is 0.392 e. The summed E-state index contributed by atoms with van der Waals surface area (Å²) < 4.78 is 0. The van der Waals surface area contributed by atoms with E-state index in [9.17, 15) is 9.90 Å². The zero-order valence-corrected chi connectivity index (χ0v) is 13.6. The molecule has 0 aromatic carbocycles. The Morgan fingerprint density at radius 2 is 1.90 bits per heavy atom. The second kappa shape index (κ2) is 9.94. The highest BCUT2D eigenvalue weighted by molar-refractivity contribution is 5.76. The Morgan fingerprint density at radius 3 is 2.35 bits per heavy atom. The number of allylic oxidation sites excluding steroid dienone is 1. The summed E-state index contributed by atoms with van der Waals surface area (Å²) in [5.41, 5.74) is 6.66. The van der Waals surface area contributed by atoms with Crippen molar-refractivity contribution in [3.8, 4) is 0 Å². The third-order valence-electron chi connectivity index (χ3n) is 3.90. The molecule has 0 radical (unpaired) electrons. The van der Waals surface area contributed by atoms with Crippen molar-refractivity contribution in [3.63, 3.8) is 0 Å². The first kappa shape index (κ1) is 19.1. The molecule has 0 unspecified atom stereocenters. The number of hydrogen-bond acceptors (Lipinski definition) is 3. The Hall–Kier alpha value is -0.870. The van der Waals surface area contributed by atoms with E-state index >= 15 is 0 Å².